The molecule has 1 saturated heterocycles. The highest BCUT2D eigenvalue weighted by atomic mass is 79.9. The zero-order valence-corrected chi connectivity index (χ0v) is 10.6. The van der Waals surface area contributed by atoms with E-state index in [4.69, 9.17) is 0 Å². The van der Waals surface area contributed by atoms with Crippen molar-refractivity contribution in [3.8, 4) is 0 Å². The summed E-state index contributed by atoms with van der Waals surface area (Å²) in [5, 5.41) is 0.912. The third-order valence-electron chi connectivity index (χ3n) is 2.88. The molecule has 0 spiro atoms. The summed E-state index contributed by atoms with van der Waals surface area (Å²) in [6.45, 7) is 0.894. The van der Waals surface area contributed by atoms with Crippen LogP contribution in [0.25, 0.3) is 0 Å². The van der Waals surface area contributed by atoms with Crippen LogP contribution < -0.4 is 0 Å². The topological polar surface area (TPSA) is 20.3 Å². The van der Waals surface area contributed by atoms with Gasteiger partial charge in [0.1, 0.15) is 0 Å². The van der Waals surface area contributed by atoms with E-state index in [1.165, 1.54) is 18.6 Å². The zero-order valence-electron chi connectivity index (χ0n) is 8.25. The Balaban J connectivity index is 1.91. The van der Waals surface area contributed by atoms with E-state index in [1.807, 2.05) is 11.8 Å². The van der Waals surface area contributed by atoms with E-state index in [1.54, 1.807) is 0 Å². The maximum Gasteiger partial charge on any atom is 0.226 e. The highest BCUT2D eigenvalue weighted by Gasteiger charge is 2.36. The van der Waals surface area contributed by atoms with Gasteiger partial charge in [0, 0.05) is 29.6 Å². The van der Waals surface area contributed by atoms with Gasteiger partial charge in [-0.25, -0.2) is 0 Å². The molecule has 1 atom stereocenters. The van der Waals surface area contributed by atoms with Crippen molar-refractivity contribution >= 4 is 33.6 Å². The molecule has 0 bridgehead atoms. The minimum Gasteiger partial charge on any atom is -0.339 e. The molecule has 1 heterocycles. The van der Waals surface area contributed by atoms with Crippen LogP contribution in [0.2, 0.25) is 0 Å². The fraction of sp³-hybridized carbons (Fsp3) is 0.900. The molecule has 4 heteroatoms. The summed E-state index contributed by atoms with van der Waals surface area (Å²) in [7, 11) is 0. The number of rotatable bonds is 4. The average Bonchev–Trinajstić information content (AvgIpc) is 2.88. The van der Waals surface area contributed by atoms with Crippen LogP contribution in [0.5, 0.6) is 0 Å². The van der Waals surface area contributed by atoms with Gasteiger partial charge in [0.15, 0.2) is 0 Å². The van der Waals surface area contributed by atoms with Crippen LogP contribution in [0.3, 0.4) is 0 Å². The number of amides is 1. The van der Waals surface area contributed by atoms with Gasteiger partial charge >= 0.3 is 0 Å². The van der Waals surface area contributed by atoms with Gasteiger partial charge in [-0.05, 0) is 25.0 Å². The van der Waals surface area contributed by atoms with Gasteiger partial charge in [0.2, 0.25) is 5.91 Å². The third kappa shape index (κ3) is 2.45. The van der Waals surface area contributed by atoms with Gasteiger partial charge < -0.3 is 4.90 Å². The van der Waals surface area contributed by atoms with Crippen molar-refractivity contribution in [3.05, 3.63) is 0 Å². The number of thioether (sulfide) groups is 1. The molecule has 1 amide bonds. The van der Waals surface area contributed by atoms with Crippen molar-refractivity contribution in [1.82, 2.24) is 4.90 Å². The Labute approximate surface area is 97.9 Å². The first kappa shape index (κ1) is 10.8. The van der Waals surface area contributed by atoms with Crippen LogP contribution in [0.1, 0.15) is 19.3 Å². The van der Waals surface area contributed by atoms with E-state index in [-0.39, 0.29) is 0 Å². The molecular formula is C10H16BrNOS. The van der Waals surface area contributed by atoms with E-state index >= 15 is 0 Å². The number of hydrogen-bond donors (Lipinski definition) is 0. The second-order valence-electron chi connectivity index (χ2n) is 4.01. The number of carbonyl (C=O) groups excluding carboxylic acids is 1. The summed E-state index contributed by atoms with van der Waals surface area (Å²) in [5.41, 5.74) is 0. The third-order valence-corrected chi connectivity index (χ3v) is 4.39. The maximum absolute atomic E-state index is 12.1. The Morgan fingerprint density at radius 2 is 2.21 bits per heavy atom. The van der Waals surface area contributed by atoms with E-state index < -0.39 is 0 Å². The number of alkyl halides is 1. The number of carbonyl (C=O) groups is 1. The molecule has 0 aromatic carbocycles. The largest absolute Gasteiger partial charge is 0.339 e. The highest BCUT2D eigenvalue weighted by molar-refractivity contribution is 9.09. The second-order valence-corrected chi connectivity index (χ2v) is 5.96. The SMILES string of the molecule is O=C(C1CCSC1)N(CCBr)C1CC1. The molecule has 0 radical (unpaired) electrons. The van der Waals surface area contributed by atoms with Crippen LogP contribution in [-0.2, 0) is 4.79 Å². The first-order valence-electron chi connectivity index (χ1n) is 5.27. The van der Waals surface area contributed by atoms with Crippen LogP contribution in [0, 0.1) is 5.92 Å². The molecule has 1 unspecified atom stereocenters. The first-order chi connectivity index (χ1) is 6.83. The lowest BCUT2D eigenvalue weighted by atomic mass is 10.1. The zero-order chi connectivity index (χ0) is 9.97. The minimum absolute atomic E-state index is 0.319. The molecule has 1 aliphatic carbocycles. The standard InChI is InChI=1S/C10H16BrNOS/c11-4-5-12(9-1-2-9)10(13)8-3-6-14-7-8/h8-9H,1-7H2. The van der Waals surface area contributed by atoms with Crippen molar-refractivity contribution in [1.29, 1.82) is 0 Å². The number of halogens is 1. The van der Waals surface area contributed by atoms with E-state index in [0.717, 1.165) is 24.0 Å². The Morgan fingerprint density at radius 1 is 1.43 bits per heavy atom. The molecule has 2 aliphatic rings. The Hall–Kier alpha value is 0.300. The molecule has 1 aliphatic heterocycles. The van der Waals surface area contributed by atoms with Crippen molar-refractivity contribution in [2.45, 2.75) is 25.3 Å². The van der Waals surface area contributed by atoms with Gasteiger partial charge in [-0.1, -0.05) is 15.9 Å². The lowest BCUT2D eigenvalue weighted by Gasteiger charge is -2.24. The smallest absolute Gasteiger partial charge is 0.226 e. The molecular weight excluding hydrogens is 262 g/mol. The molecule has 80 valence electrons. The molecule has 14 heavy (non-hydrogen) atoms. The van der Waals surface area contributed by atoms with Gasteiger partial charge in [0.25, 0.3) is 0 Å². The predicted molar refractivity (Wildman–Crippen MR) is 64.0 cm³/mol. The Kier molecular flexibility index (Phi) is 3.77. The summed E-state index contributed by atoms with van der Waals surface area (Å²) in [6.07, 6.45) is 3.53. The van der Waals surface area contributed by atoms with E-state index in [9.17, 15) is 4.79 Å². The van der Waals surface area contributed by atoms with Crippen molar-refractivity contribution in [2.24, 2.45) is 5.92 Å². The normalized spacial score (nSPS) is 26.5. The lowest BCUT2D eigenvalue weighted by Crippen LogP contribution is -2.39. The lowest BCUT2D eigenvalue weighted by molar-refractivity contribution is -0.135. The molecule has 1 saturated carbocycles. The highest BCUT2D eigenvalue weighted by Crippen LogP contribution is 2.31. The first-order valence-corrected chi connectivity index (χ1v) is 7.54. The Morgan fingerprint density at radius 3 is 2.71 bits per heavy atom. The molecule has 0 aromatic rings. The summed E-state index contributed by atoms with van der Waals surface area (Å²) in [6, 6.07) is 0.575. The van der Waals surface area contributed by atoms with Crippen LogP contribution in [-0.4, -0.2) is 40.2 Å². The van der Waals surface area contributed by atoms with Crippen LogP contribution in [0.4, 0.5) is 0 Å². The molecule has 2 nitrogen and oxygen atoms in total. The fourth-order valence-corrected chi connectivity index (χ4v) is 3.51. The average molecular weight is 278 g/mol. The molecule has 2 fully saturated rings. The van der Waals surface area contributed by atoms with Crippen molar-refractivity contribution < 1.29 is 4.79 Å². The van der Waals surface area contributed by atoms with E-state index in [0.29, 0.717) is 17.9 Å². The van der Waals surface area contributed by atoms with Gasteiger partial charge in [-0.15, -0.1) is 0 Å². The second kappa shape index (κ2) is 4.88. The number of hydrogen-bond acceptors (Lipinski definition) is 2. The van der Waals surface area contributed by atoms with E-state index in [2.05, 4.69) is 20.8 Å². The summed E-state index contributed by atoms with van der Waals surface area (Å²) >= 11 is 5.34. The fourth-order valence-electron chi connectivity index (χ4n) is 1.91. The van der Waals surface area contributed by atoms with Gasteiger partial charge in [-0.2, -0.15) is 11.8 Å². The van der Waals surface area contributed by atoms with Crippen LogP contribution >= 0.6 is 27.7 Å². The van der Waals surface area contributed by atoms with Gasteiger partial charge in [0.05, 0.1) is 0 Å². The molecule has 0 N–H and O–H groups in total. The Bertz CT molecular complexity index is 214. The maximum atomic E-state index is 12.1. The summed E-state index contributed by atoms with van der Waals surface area (Å²) in [5.74, 6) is 2.95. The minimum atomic E-state index is 0.319. The monoisotopic (exact) mass is 277 g/mol. The van der Waals surface area contributed by atoms with Crippen LogP contribution in [0.15, 0.2) is 0 Å². The molecule has 0 aromatic heterocycles. The van der Waals surface area contributed by atoms with Crippen molar-refractivity contribution in [3.63, 3.8) is 0 Å². The predicted octanol–water partition coefficient (Wildman–Crippen LogP) is 2.13. The summed E-state index contributed by atoms with van der Waals surface area (Å²) in [4.78, 5) is 14.2. The van der Waals surface area contributed by atoms with Gasteiger partial charge in [-0.3, -0.25) is 4.79 Å². The quantitative estimate of drug-likeness (QED) is 0.734. The van der Waals surface area contributed by atoms with Crippen molar-refractivity contribution in [2.75, 3.05) is 23.4 Å². The summed E-state index contributed by atoms with van der Waals surface area (Å²) < 4.78 is 0. The number of nitrogens with zero attached hydrogens (tertiary/aromatic N) is 1. The molecule has 2 rings (SSSR count).